The normalized spacial score (nSPS) is 17.8. The molecule has 1 N–H and O–H groups in total. The second kappa shape index (κ2) is 4.10. The molecule has 4 nitrogen and oxygen atoms in total. The van der Waals surface area contributed by atoms with Crippen molar-refractivity contribution in [2.75, 3.05) is 0 Å². The lowest BCUT2D eigenvalue weighted by molar-refractivity contribution is 0.0699. The van der Waals surface area contributed by atoms with Crippen molar-refractivity contribution in [2.24, 2.45) is 0 Å². The summed E-state index contributed by atoms with van der Waals surface area (Å²) in [6.07, 6.45) is 0. The number of rotatable bonds is 1. The van der Waals surface area contributed by atoms with Gasteiger partial charge in [0.05, 0.1) is 6.04 Å². The molecule has 18 heavy (non-hydrogen) atoms. The van der Waals surface area contributed by atoms with E-state index in [1.165, 1.54) is 11.1 Å². The summed E-state index contributed by atoms with van der Waals surface area (Å²) in [6, 6.07) is 8.10. The van der Waals surface area contributed by atoms with Gasteiger partial charge in [0.1, 0.15) is 5.69 Å². The zero-order valence-electron chi connectivity index (χ0n) is 9.84. The monoisotopic (exact) mass is 260 g/mol. The van der Waals surface area contributed by atoms with Crippen LogP contribution in [-0.2, 0) is 6.54 Å². The van der Waals surface area contributed by atoms with Crippen molar-refractivity contribution >= 4 is 17.2 Å². The summed E-state index contributed by atoms with van der Waals surface area (Å²) < 4.78 is 0. The summed E-state index contributed by atoms with van der Waals surface area (Å²) >= 11 is 1.02. The number of carbonyl (C=O) groups excluding carboxylic acids is 1. The topological polar surface area (TPSA) is 53.2 Å². The number of hydrogen-bond acceptors (Lipinski definition) is 3. The number of nitrogens with one attached hydrogen (secondary N) is 1. The molecule has 0 aliphatic carbocycles. The predicted octanol–water partition coefficient (Wildman–Crippen LogP) is 2.15. The number of nitrogens with zero attached hydrogens (tertiary/aromatic N) is 1. The summed E-state index contributed by atoms with van der Waals surface area (Å²) in [5, 5.41) is 1.58. The quantitative estimate of drug-likeness (QED) is 0.854. The molecule has 1 aromatic carbocycles. The molecule has 2 aromatic rings. The lowest BCUT2D eigenvalue weighted by Crippen LogP contribution is -2.28. The van der Waals surface area contributed by atoms with E-state index in [1.807, 2.05) is 31.2 Å². The Kier molecular flexibility index (Phi) is 2.56. The summed E-state index contributed by atoms with van der Waals surface area (Å²) in [7, 11) is 0. The molecule has 3 rings (SSSR count). The van der Waals surface area contributed by atoms with Crippen LogP contribution in [0.3, 0.4) is 0 Å². The first-order chi connectivity index (χ1) is 8.66. The molecule has 0 radical (unpaired) electrons. The minimum absolute atomic E-state index is 0.0529. The van der Waals surface area contributed by atoms with Crippen LogP contribution in [-0.4, -0.2) is 15.8 Å². The lowest BCUT2D eigenvalue weighted by atomic mass is 10.1. The van der Waals surface area contributed by atoms with E-state index in [0.29, 0.717) is 12.2 Å². The van der Waals surface area contributed by atoms with Crippen LogP contribution in [0.25, 0.3) is 0 Å². The van der Waals surface area contributed by atoms with Gasteiger partial charge in [-0.15, -0.1) is 0 Å². The Hall–Kier alpha value is -1.88. The summed E-state index contributed by atoms with van der Waals surface area (Å²) in [5.41, 5.74) is 2.74. The molecular weight excluding hydrogens is 248 g/mol. The van der Waals surface area contributed by atoms with Crippen LogP contribution in [0.15, 0.2) is 34.4 Å². The van der Waals surface area contributed by atoms with E-state index >= 15 is 0 Å². The Balaban J connectivity index is 1.93. The first kappa shape index (κ1) is 11.2. The van der Waals surface area contributed by atoms with E-state index in [9.17, 15) is 9.59 Å². The largest absolute Gasteiger partial charge is 0.326 e. The van der Waals surface area contributed by atoms with Crippen molar-refractivity contribution in [1.29, 1.82) is 0 Å². The number of carbonyl (C=O) groups is 1. The van der Waals surface area contributed by atoms with Crippen molar-refractivity contribution in [3.8, 4) is 0 Å². The fourth-order valence-corrected chi connectivity index (χ4v) is 2.92. The Morgan fingerprint density at radius 1 is 1.44 bits per heavy atom. The average Bonchev–Trinajstić information content (AvgIpc) is 2.94. The molecule has 1 aliphatic rings. The first-order valence-corrected chi connectivity index (χ1v) is 6.61. The fraction of sp³-hybridized carbons (Fsp3) is 0.231. The SMILES string of the molecule is C[C@H]1c2ccccc2CN1C(=O)c1csc(=O)[nH]1. The number of fused-ring (bicyclic) bond motifs is 1. The average molecular weight is 260 g/mol. The van der Waals surface area contributed by atoms with Crippen molar-refractivity contribution in [1.82, 2.24) is 9.88 Å². The molecule has 5 heteroatoms. The predicted molar refractivity (Wildman–Crippen MR) is 69.7 cm³/mol. The van der Waals surface area contributed by atoms with Gasteiger partial charge in [0.15, 0.2) is 0 Å². The Morgan fingerprint density at radius 2 is 2.22 bits per heavy atom. The number of amides is 1. The molecule has 0 spiro atoms. The second-order valence-corrected chi connectivity index (χ2v) is 5.21. The highest BCUT2D eigenvalue weighted by Crippen LogP contribution is 2.33. The van der Waals surface area contributed by atoms with Crippen molar-refractivity contribution in [2.45, 2.75) is 19.5 Å². The van der Waals surface area contributed by atoms with E-state index in [-0.39, 0.29) is 16.8 Å². The van der Waals surface area contributed by atoms with E-state index in [4.69, 9.17) is 0 Å². The maximum Gasteiger partial charge on any atom is 0.305 e. The Morgan fingerprint density at radius 3 is 2.89 bits per heavy atom. The second-order valence-electron chi connectivity index (χ2n) is 4.37. The lowest BCUT2D eigenvalue weighted by Gasteiger charge is -2.20. The number of hydrogen-bond donors (Lipinski definition) is 1. The maximum atomic E-state index is 12.3. The molecule has 0 unspecified atom stereocenters. The van der Waals surface area contributed by atoms with Crippen molar-refractivity contribution < 1.29 is 4.79 Å². The molecular formula is C13H12N2O2S. The highest BCUT2D eigenvalue weighted by Gasteiger charge is 2.31. The van der Waals surface area contributed by atoms with Crippen LogP contribution in [0.5, 0.6) is 0 Å². The van der Waals surface area contributed by atoms with Crippen molar-refractivity contribution in [3.63, 3.8) is 0 Å². The van der Waals surface area contributed by atoms with E-state index in [1.54, 1.807) is 10.3 Å². The maximum absolute atomic E-state index is 12.3. The minimum atomic E-state index is -0.192. The molecule has 0 saturated heterocycles. The summed E-state index contributed by atoms with van der Waals surface area (Å²) in [4.78, 5) is 27.6. The van der Waals surface area contributed by atoms with Crippen LogP contribution in [0, 0.1) is 0 Å². The molecule has 0 bridgehead atoms. The van der Waals surface area contributed by atoms with Crippen LogP contribution in [0.1, 0.15) is 34.6 Å². The van der Waals surface area contributed by atoms with Gasteiger partial charge < -0.3 is 9.88 Å². The van der Waals surface area contributed by atoms with E-state index in [2.05, 4.69) is 4.98 Å². The smallest absolute Gasteiger partial charge is 0.305 e. The molecule has 2 heterocycles. The summed E-state index contributed by atoms with van der Waals surface area (Å²) in [6.45, 7) is 2.61. The Labute approximate surface area is 108 Å². The van der Waals surface area contributed by atoms with E-state index < -0.39 is 0 Å². The van der Waals surface area contributed by atoms with Crippen LogP contribution in [0.2, 0.25) is 0 Å². The molecule has 0 saturated carbocycles. The molecule has 92 valence electrons. The zero-order valence-corrected chi connectivity index (χ0v) is 10.7. The molecule has 1 amide bonds. The van der Waals surface area contributed by atoms with Gasteiger partial charge >= 0.3 is 4.87 Å². The minimum Gasteiger partial charge on any atom is -0.326 e. The highest BCUT2D eigenvalue weighted by molar-refractivity contribution is 7.07. The van der Waals surface area contributed by atoms with Gasteiger partial charge in [-0.2, -0.15) is 0 Å². The third-order valence-corrected chi connectivity index (χ3v) is 3.99. The molecule has 1 aliphatic heterocycles. The van der Waals surface area contributed by atoms with Gasteiger partial charge in [-0.05, 0) is 18.1 Å². The standard InChI is InChI=1S/C13H12N2O2S/c1-8-10-5-3-2-4-9(10)6-15(8)12(16)11-7-18-13(17)14-11/h2-5,7-8H,6H2,1H3,(H,14,17)/t8-/m0/s1. The van der Waals surface area contributed by atoms with E-state index in [0.717, 1.165) is 11.3 Å². The molecule has 1 atom stereocenters. The molecule has 1 aromatic heterocycles. The van der Waals surface area contributed by atoms with Crippen LogP contribution >= 0.6 is 11.3 Å². The van der Waals surface area contributed by atoms with Gasteiger partial charge in [-0.1, -0.05) is 35.6 Å². The van der Waals surface area contributed by atoms with Gasteiger partial charge in [0.2, 0.25) is 0 Å². The Bertz CT molecular complexity index is 659. The van der Waals surface area contributed by atoms with Gasteiger partial charge in [-0.3, -0.25) is 9.59 Å². The number of aromatic nitrogens is 1. The van der Waals surface area contributed by atoms with Crippen LogP contribution < -0.4 is 4.87 Å². The van der Waals surface area contributed by atoms with Crippen molar-refractivity contribution in [3.05, 3.63) is 56.1 Å². The zero-order chi connectivity index (χ0) is 12.7. The third-order valence-electron chi connectivity index (χ3n) is 3.33. The number of benzene rings is 1. The molecule has 0 fully saturated rings. The van der Waals surface area contributed by atoms with Crippen LogP contribution in [0.4, 0.5) is 0 Å². The van der Waals surface area contributed by atoms with Gasteiger partial charge in [0, 0.05) is 11.9 Å². The number of aromatic amines is 1. The highest BCUT2D eigenvalue weighted by atomic mass is 32.1. The number of H-pyrrole nitrogens is 1. The van der Waals surface area contributed by atoms with Gasteiger partial charge in [-0.25, -0.2) is 0 Å². The fourth-order valence-electron chi connectivity index (χ4n) is 2.36. The third kappa shape index (κ3) is 1.67. The number of thiazole rings is 1. The van der Waals surface area contributed by atoms with Gasteiger partial charge in [0.25, 0.3) is 5.91 Å². The first-order valence-electron chi connectivity index (χ1n) is 5.73. The summed E-state index contributed by atoms with van der Waals surface area (Å²) in [5.74, 6) is -0.114.